The van der Waals surface area contributed by atoms with Crippen LogP contribution in [0.1, 0.15) is 70.6 Å². The van der Waals surface area contributed by atoms with E-state index in [0.29, 0.717) is 6.04 Å². The number of amides is 1. The van der Waals surface area contributed by atoms with Crippen molar-refractivity contribution in [1.29, 1.82) is 0 Å². The van der Waals surface area contributed by atoms with Gasteiger partial charge in [-0.05, 0) is 12.8 Å². The monoisotopic (exact) mass is 250 g/mol. The Hall–Kier alpha value is -1.04. The lowest BCUT2D eigenvalue weighted by Crippen LogP contribution is -2.36. The van der Waals surface area contributed by atoms with E-state index in [2.05, 4.69) is 10.2 Å². The van der Waals surface area contributed by atoms with E-state index in [4.69, 9.17) is 6.57 Å². The molecule has 102 valence electrons. The second kappa shape index (κ2) is 9.94. The van der Waals surface area contributed by atoms with E-state index in [1.54, 1.807) is 0 Å². The van der Waals surface area contributed by atoms with Crippen molar-refractivity contribution >= 4 is 5.91 Å². The normalized spacial score (nSPS) is 20.2. The van der Waals surface area contributed by atoms with Crippen molar-refractivity contribution in [1.82, 2.24) is 5.32 Å². The summed E-state index contributed by atoms with van der Waals surface area (Å²) < 4.78 is 0. The van der Waals surface area contributed by atoms with Gasteiger partial charge in [-0.3, -0.25) is 4.79 Å². The average Bonchev–Trinajstić information content (AvgIpc) is 2.33. The number of nitrogens with zero attached hydrogens (tertiary/aromatic N) is 1. The van der Waals surface area contributed by atoms with Crippen LogP contribution in [0.15, 0.2) is 0 Å². The lowest BCUT2D eigenvalue weighted by molar-refractivity contribution is -0.120. The van der Waals surface area contributed by atoms with Gasteiger partial charge in [0.15, 0.2) is 0 Å². The second-order valence-corrected chi connectivity index (χ2v) is 5.34. The Kier molecular flexibility index (Phi) is 8.29. The van der Waals surface area contributed by atoms with Gasteiger partial charge in [0, 0.05) is 6.04 Å². The summed E-state index contributed by atoms with van der Waals surface area (Å²) in [6.45, 7) is 6.69. The van der Waals surface area contributed by atoms with Crippen LogP contribution in [0.25, 0.3) is 4.85 Å². The van der Waals surface area contributed by atoms with Gasteiger partial charge in [-0.1, -0.05) is 57.8 Å². The Balaban J connectivity index is 2.32. The van der Waals surface area contributed by atoms with Crippen molar-refractivity contribution in [3.05, 3.63) is 11.4 Å². The molecule has 0 bridgehead atoms. The molecule has 1 rings (SSSR count). The molecule has 1 aliphatic rings. The van der Waals surface area contributed by atoms with Crippen molar-refractivity contribution in [2.24, 2.45) is 0 Å². The maximum atomic E-state index is 11.5. The molecule has 1 amide bonds. The summed E-state index contributed by atoms with van der Waals surface area (Å²) in [5.74, 6) is -0.0953. The predicted molar refractivity (Wildman–Crippen MR) is 74.2 cm³/mol. The average molecular weight is 250 g/mol. The van der Waals surface area contributed by atoms with Gasteiger partial charge >= 0.3 is 0 Å². The highest BCUT2D eigenvalue weighted by Crippen LogP contribution is 2.16. The van der Waals surface area contributed by atoms with Gasteiger partial charge in [0.2, 0.25) is 0 Å². The highest BCUT2D eigenvalue weighted by atomic mass is 16.1. The number of nitrogens with one attached hydrogen (secondary N) is 1. The van der Waals surface area contributed by atoms with Crippen LogP contribution in [0.5, 0.6) is 0 Å². The first-order valence-corrected chi connectivity index (χ1v) is 7.45. The molecule has 1 fully saturated rings. The lowest BCUT2D eigenvalue weighted by atomic mass is 9.98. The third kappa shape index (κ3) is 7.32. The molecular formula is C15H26N2O. The smallest absolute Gasteiger partial charge is 0.300 e. The van der Waals surface area contributed by atoms with Crippen LogP contribution in [0.3, 0.4) is 0 Å². The first-order valence-electron chi connectivity index (χ1n) is 7.45. The van der Waals surface area contributed by atoms with Crippen molar-refractivity contribution in [2.75, 3.05) is 6.54 Å². The Morgan fingerprint density at radius 1 is 0.944 bits per heavy atom. The van der Waals surface area contributed by atoms with Crippen LogP contribution in [0.4, 0.5) is 0 Å². The summed E-state index contributed by atoms with van der Waals surface area (Å²) in [5.41, 5.74) is 0. The number of rotatable bonds is 2. The summed E-state index contributed by atoms with van der Waals surface area (Å²) in [7, 11) is 0. The summed E-state index contributed by atoms with van der Waals surface area (Å²) in [6, 6.07) is 0.304. The maximum Gasteiger partial charge on any atom is 0.300 e. The fraction of sp³-hybridized carbons (Fsp3) is 0.867. The highest BCUT2D eigenvalue weighted by molar-refractivity contribution is 5.79. The molecule has 0 spiro atoms. The Bertz CT molecular complexity index is 258. The molecule has 0 aliphatic heterocycles. The highest BCUT2D eigenvalue weighted by Gasteiger charge is 2.13. The van der Waals surface area contributed by atoms with Crippen LogP contribution in [0, 0.1) is 6.57 Å². The minimum atomic E-state index is -0.0953. The third-order valence-corrected chi connectivity index (χ3v) is 3.69. The Morgan fingerprint density at radius 3 is 1.83 bits per heavy atom. The fourth-order valence-electron chi connectivity index (χ4n) is 2.65. The molecule has 0 radical (unpaired) electrons. The van der Waals surface area contributed by atoms with Gasteiger partial charge in [0.1, 0.15) is 0 Å². The first kappa shape index (κ1) is 15.0. The fourth-order valence-corrected chi connectivity index (χ4v) is 2.65. The van der Waals surface area contributed by atoms with E-state index < -0.39 is 0 Å². The van der Waals surface area contributed by atoms with Gasteiger partial charge < -0.3 is 10.2 Å². The molecule has 1 saturated carbocycles. The van der Waals surface area contributed by atoms with E-state index in [1.165, 1.54) is 57.8 Å². The molecule has 0 unspecified atom stereocenters. The van der Waals surface area contributed by atoms with Crippen LogP contribution in [0.2, 0.25) is 0 Å². The SMILES string of the molecule is [C-]#[N+]CC(=O)NC1CCCCCCCCCCC1. The Morgan fingerprint density at radius 2 is 1.39 bits per heavy atom. The maximum absolute atomic E-state index is 11.5. The molecule has 0 aromatic carbocycles. The lowest BCUT2D eigenvalue weighted by Gasteiger charge is -2.18. The van der Waals surface area contributed by atoms with Gasteiger partial charge in [-0.15, -0.1) is 0 Å². The second-order valence-electron chi connectivity index (χ2n) is 5.34. The minimum absolute atomic E-state index is 0.0174. The minimum Gasteiger partial charge on any atom is -0.347 e. The summed E-state index contributed by atoms with van der Waals surface area (Å²) in [6.07, 6.45) is 14.0. The quantitative estimate of drug-likeness (QED) is 0.745. The zero-order chi connectivity index (χ0) is 13.1. The van der Waals surface area contributed by atoms with Gasteiger partial charge in [-0.25, -0.2) is 6.57 Å². The number of carbonyl (C=O) groups excluding carboxylic acids is 1. The number of hydrogen-bond donors (Lipinski definition) is 1. The summed E-state index contributed by atoms with van der Waals surface area (Å²) in [4.78, 5) is 14.6. The van der Waals surface area contributed by atoms with Crippen LogP contribution < -0.4 is 5.32 Å². The standard InChI is InChI=1S/C15H26N2O/c1-16-13-15(18)17-14-11-9-7-5-3-2-4-6-8-10-12-14/h14H,2-13H2,(H,17,18). The molecular weight excluding hydrogens is 224 g/mol. The van der Waals surface area contributed by atoms with E-state index in [-0.39, 0.29) is 12.5 Å². The van der Waals surface area contributed by atoms with Gasteiger partial charge in [-0.2, -0.15) is 0 Å². The molecule has 0 aromatic heterocycles. The predicted octanol–water partition coefficient (Wildman–Crippen LogP) is 3.70. The van der Waals surface area contributed by atoms with E-state index in [9.17, 15) is 4.79 Å². The topological polar surface area (TPSA) is 33.5 Å². The molecule has 0 aromatic rings. The first-order chi connectivity index (χ1) is 8.83. The molecule has 0 saturated heterocycles. The number of hydrogen-bond acceptors (Lipinski definition) is 1. The third-order valence-electron chi connectivity index (χ3n) is 3.69. The van der Waals surface area contributed by atoms with Crippen molar-refractivity contribution in [3.8, 4) is 0 Å². The van der Waals surface area contributed by atoms with E-state index in [1.807, 2.05) is 0 Å². The van der Waals surface area contributed by atoms with Crippen LogP contribution in [-0.4, -0.2) is 18.5 Å². The van der Waals surface area contributed by atoms with Crippen molar-refractivity contribution in [3.63, 3.8) is 0 Å². The molecule has 3 nitrogen and oxygen atoms in total. The molecule has 0 atom stereocenters. The van der Waals surface area contributed by atoms with Gasteiger partial charge in [0.05, 0.1) is 0 Å². The number of carbonyl (C=O) groups is 1. The van der Waals surface area contributed by atoms with Crippen LogP contribution >= 0.6 is 0 Å². The molecule has 0 heterocycles. The zero-order valence-corrected chi connectivity index (χ0v) is 11.4. The molecule has 1 aliphatic carbocycles. The summed E-state index contributed by atoms with van der Waals surface area (Å²) in [5, 5.41) is 3.02. The van der Waals surface area contributed by atoms with Crippen molar-refractivity contribution < 1.29 is 4.79 Å². The van der Waals surface area contributed by atoms with E-state index in [0.717, 1.165) is 12.8 Å². The van der Waals surface area contributed by atoms with Crippen molar-refractivity contribution in [2.45, 2.75) is 76.7 Å². The summed E-state index contributed by atoms with van der Waals surface area (Å²) >= 11 is 0. The van der Waals surface area contributed by atoms with Crippen LogP contribution in [-0.2, 0) is 4.79 Å². The van der Waals surface area contributed by atoms with E-state index >= 15 is 0 Å². The molecule has 3 heteroatoms. The van der Waals surface area contributed by atoms with Gasteiger partial charge in [0.25, 0.3) is 12.5 Å². The zero-order valence-electron chi connectivity index (χ0n) is 11.4. The molecule has 1 N–H and O–H groups in total. The molecule has 18 heavy (non-hydrogen) atoms. The largest absolute Gasteiger partial charge is 0.347 e. The Labute approximate surface area is 111 Å².